The molecule has 136 valence electrons. The molecule has 0 aliphatic carbocycles. The van der Waals surface area contributed by atoms with Gasteiger partial charge in [0.15, 0.2) is 0 Å². The fraction of sp³-hybridized carbons (Fsp3) is 0.368. The predicted molar refractivity (Wildman–Crippen MR) is 98.9 cm³/mol. The first-order chi connectivity index (χ1) is 12.0. The molecular formula is C19H25NO4S. The lowest BCUT2D eigenvalue weighted by Crippen LogP contribution is -2.25. The molecule has 2 rings (SSSR count). The van der Waals surface area contributed by atoms with E-state index in [1.54, 1.807) is 25.3 Å². The van der Waals surface area contributed by atoms with Crippen molar-refractivity contribution in [2.45, 2.75) is 31.6 Å². The molecule has 0 unspecified atom stereocenters. The SMILES string of the molecule is CCOc1ccccc1CCCNS(=O)(=O)c1ccc(OC)c(C)c1. The summed E-state index contributed by atoms with van der Waals surface area (Å²) in [6.45, 7) is 4.75. The molecule has 2 aromatic carbocycles. The minimum Gasteiger partial charge on any atom is -0.496 e. The van der Waals surface area contributed by atoms with E-state index < -0.39 is 10.0 Å². The van der Waals surface area contributed by atoms with Crippen molar-refractivity contribution in [2.24, 2.45) is 0 Å². The van der Waals surface area contributed by atoms with Gasteiger partial charge < -0.3 is 9.47 Å². The van der Waals surface area contributed by atoms with Crippen LogP contribution in [0.4, 0.5) is 0 Å². The minimum atomic E-state index is -3.52. The minimum absolute atomic E-state index is 0.250. The van der Waals surface area contributed by atoms with Crippen LogP contribution in [0.5, 0.6) is 11.5 Å². The Hall–Kier alpha value is -2.05. The lowest BCUT2D eigenvalue weighted by molar-refractivity contribution is 0.336. The van der Waals surface area contributed by atoms with Crippen LogP contribution >= 0.6 is 0 Å². The summed E-state index contributed by atoms with van der Waals surface area (Å²) in [5.74, 6) is 1.53. The van der Waals surface area contributed by atoms with E-state index in [0.717, 1.165) is 23.3 Å². The van der Waals surface area contributed by atoms with E-state index >= 15 is 0 Å². The molecule has 5 nitrogen and oxygen atoms in total. The summed E-state index contributed by atoms with van der Waals surface area (Å²) in [6.07, 6.45) is 1.44. The number of aryl methyl sites for hydroxylation is 2. The monoisotopic (exact) mass is 363 g/mol. The molecule has 1 N–H and O–H groups in total. The zero-order chi connectivity index (χ0) is 18.3. The number of benzene rings is 2. The molecule has 0 heterocycles. The Bertz CT molecular complexity index is 803. The predicted octanol–water partition coefficient (Wildman–Crippen LogP) is 3.31. The fourth-order valence-corrected chi connectivity index (χ4v) is 3.75. The summed E-state index contributed by atoms with van der Waals surface area (Å²) in [5.41, 5.74) is 1.87. The molecule has 0 fully saturated rings. The molecule has 0 bridgehead atoms. The highest BCUT2D eigenvalue weighted by Gasteiger charge is 2.15. The van der Waals surface area contributed by atoms with E-state index in [1.807, 2.05) is 38.1 Å². The first kappa shape index (κ1) is 19.3. The first-order valence-electron chi connectivity index (χ1n) is 8.33. The van der Waals surface area contributed by atoms with Gasteiger partial charge in [-0.25, -0.2) is 13.1 Å². The largest absolute Gasteiger partial charge is 0.496 e. The average molecular weight is 363 g/mol. The first-order valence-corrected chi connectivity index (χ1v) is 9.81. The van der Waals surface area contributed by atoms with Crippen molar-refractivity contribution < 1.29 is 17.9 Å². The van der Waals surface area contributed by atoms with E-state index in [-0.39, 0.29) is 4.90 Å². The van der Waals surface area contributed by atoms with Gasteiger partial charge in [0, 0.05) is 6.54 Å². The van der Waals surface area contributed by atoms with Gasteiger partial charge >= 0.3 is 0 Å². The second-order valence-electron chi connectivity index (χ2n) is 5.67. The molecule has 0 atom stereocenters. The third-order valence-corrected chi connectivity index (χ3v) is 5.32. The molecule has 0 aromatic heterocycles. The maximum Gasteiger partial charge on any atom is 0.240 e. The summed E-state index contributed by atoms with van der Waals surface area (Å²) < 4.78 is 38.2. The summed E-state index contributed by atoms with van der Waals surface area (Å²) in [5, 5.41) is 0. The Labute approximate surface area is 150 Å². The van der Waals surface area contributed by atoms with Crippen LogP contribution in [0.15, 0.2) is 47.4 Å². The summed E-state index contributed by atoms with van der Waals surface area (Å²) >= 11 is 0. The maximum absolute atomic E-state index is 12.4. The smallest absolute Gasteiger partial charge is 0.240 e. The van der Waals surface area contributed by atoms with Crippen molar-refractivity contribution in [1.29, 1.82) is 0 Å². The Morgan fingerprint density at radius 1 is 1.08 bits per heavy atom. The number of para-hydroxylation sites is 1. The number of nitrogens with one attached hydrogen (secondary N) is 1. The van der Waals surface area contributed by atoms with Gasteiger partial charge in [0.25, 0.3) is 0 Å². The molecule has 0 aliphatic heterocycles. The zero-order valence-electron chi connectivity index (χ0n) is 14.9. The number of rotatable bonds is 9. The Morgan fingerprint density at radius 2 is 1.84 bits per heavy atom. The van der Waals surface area contributed by atoms with Gasteiger partial charge in [0.1, 0.15) is 11.5 Å². The molecule has 0 aliphatic rings. The van der Waals surface area contributed by atoms with Crippen LogP contribution in [0, 0.1) is 6.92 Å². The van der Waals surface area contributed by atoms with E-state index in [2.05, 4.69) is 4.72 Å². The van der Waals surface area contributed by atoms with Crippen LogP contribution in [0.3, 0.4) is 0 Å². The number of hydrogen-bond donors (Lipinski definition) is 1. The van der Waals surface area contributed by atoms with Crippen molar-refractivity contribution in [3.05, 3.63) is 53.6 Å². The Morgan fingerprint density at radius 3 is 2.52 bits per heavy atom. The number of sulfonamides is 1. The van der Waals surface area contributed by atoms with Crippen molar-refractivity contribution in [2.75, 3.05) is 20.3 Å². The molecule has 0 amide bonds. The lowest BCUT2D eigenvalue weighted by Gasteiger charge is -2.11. The van der Waals surface area contributed by atoms with Crippen molar-refractivity contribution in [3.63, 3.8) is 0 Å². The zero-order valence-corrected chi connectivity index (χ0v) is 15.7. The van der Waals surface area contributed by atoms with Gasteiger partial charge in [-0.05, 0) is 62.1 Å². The molecular weight excluding hydrogens is 338 g/mol. The van der Waals surface area contributed by atoms with Gasteiger partial charge in [-0.15, -0.1) is 0 Å². The average Bonchev–Trinajstić information content (AvgIpc) is 2.60. The normalized spacial score (nSPS) is 11.3. The van der Waals surface area contributed by atoms with Crippen molar-refractivity contribution in [3.8, 4) is 11.5 Å². The van der Waals surface area contributed by atoms with Gasteiger partial charge in [0.05, 0.1) is 18.6 Å². The van der Waals surface area contributed by atoms with Crippen molar-refractivity contribution in [1.82, 2.24) is 4.72 Å². The highest BCUT2D eigenvalue weighted by Crippen LogP contribution is 2.22. The third kappa shape index (κ3) is 5.21. The summed E-state index contributed by atoms with van der Waals surface area (Å²) in [4.78, 5) is 0.250. The Kier molecular flexibility index (Phi) is 6.84. The van der Waals surface area contributed by atoms with Crippen LogP contribution in [-0.4, -0.2) is 28.7 Å². The number of methoxy groups -OCH3 is 1. The molecule has 0 spiro atoms. The van der Waals surface area contributed by atoms with E-state index in [4.69, 9.17) is 9.47 Å². The third-order valence-electron chi connectivity index (χ3n) is 3.86. The molecule has 0 saturated carbocycles. The quantitative estimate of drug-likeness (QED) is 0.694. The summed E-state index contributed by atoms with van der Waals surface area (Å²) in [6, 6.07) is 12.7. The molecule has 25 heavy (non-hydrogen) atoms. The van der Waals surface area contributed by atoms with E-state index in [9.17, 15) is 8.42 Å². The van der Waals surface area contributed by atoms with Gasteiger partial charge in [-0.1, -0.05) is 18.2 Å². The highest BCUT2D eigenvalue weighted by molar-refractivity contribution is 7.89. The summed E-state index contributed by atoms with van der Waals surface area (Å²) in [7, 11) is -1.96. The molecule has 6 heteroatoms. The van der Waals surface area contributed by atoms with Crippen LogP contribution in [0.2, 0.25) is 0 Å². The van der Waals surface area contributed by atoms with E-state index in [1.165, 1.54) is 0 Å². The fourth-order valence-electron chi connectivity index (χ4n) is 2.59. The Balaban J connectivity index is 1.94. The standard InChI is InChI=1S/C19H25NO4S/c1-4-24-19-10-6-5-8-16(19)9-7-13-20-25(21,22)17-11-12-18(23-3)15(2)14-17/h5-6,8,10-12,14,20H,4,7,9,13H2,1-3H3. The lowest BCUT2D eigenvalue weighted by atomic mass is 10.1. The molecule has 2 aromatic rings. The van der Waals surface area contributed by atoms with Crippen LogP contribution in [0.1, 0.15) is 24.5 Å². The second kappa shape index (κ2) is 8.87. The van der Waals surface area contributed by atoms with Crippen molar-refractivity contribution >= 4 is 10.0 Å². The van der Waals surface area contributed by atoms with Crippen LogP contribution < -0.4 is 14.2 Å². The van der Waals surface area contributed by atoms with Gasteiger partial charge in [-0.3, -0.25) is 0 Å². The van der Waals surface area contributed by atoms with Crippen LogP contribution in [-0.2, 0) is 16.4 Å². The number of ether oxygens (including phenoxy) is 2. The molecule has 0 saturated heterocycles. The number of hydrogen-bond acceptors (Lipinski definition) is 4. The van der Waals surface area contributed by atoms with Gasteiger partial charge in [-0.2, -0.15) is 0 Å². The molecule has 0 radical (unpaired) electrons. The van der Waals surface area contributed by atoms with Gasteiger partial charge in [0.2, 0.25) is 10.0 Å². The maximum atomic E-state index is 12.4. The van der Waals surface area contributed by atoms with E-state index in [0.29, 0.717) is 25.3 Å². The van der Waals surface area contributed by atoms with Crippen LogP contribution in [0.25, 0.3) is 0 Å². The second-order valence-corrected chi connectivity index (χ2v) is 7.44. The topological polar surface area (TPSA) is 64.6 Å². The highest BCUT2D eigenvalue weighted by atomic mass is 32.2.